The summed E-state index contributed by atoms with van der Waals surface area (Å²) in [5, 5.41) is 1.29. The fourth-order valence-corrected chi connectivity index (χ4v) is 7.01. The van der Waals surface area contributed by atoms with Crippen LogP contribution < -0.4 is 0 Å². The molecule has 3 aromatic rings. The molecule has 0 unspecified atom stereocenters. The quantitative estimate of drug-likeness (QED) is 0.409. The summed E-state index contributed by atoms with van der Waals surface area (Å²) in [6, 6.07) is 19.3. The van der Waals surface area contributed by atoms with Crippen LogP contribution in [0.4, 0.5) is 0 Å². The molecule has 1 heterocycles. The van der Waals surface area contributed by atoms with Crippen LogP contribution in [0.2, 0.25) is 10.3 Å². The van der Waals surface area contributed by atoms with Gasteiger partial charge in [-0.3, -0.25) is 0 Å². The van der Waals surface area contributed by atoms with Gasteiger partial charge in [-0.05, 0) is 0 Å². The number of hydrogen-bond acceptors (Lipinski definition) is 0. The summed E-state index contributed by atoms with van der Waals surface area (Å²) in [4.78, 5) is 0. The number of halogens is 2. The average molecular weight is 484 g/mol. The maximum atomic E-state index is 6.51. The number of benzene rings is 2. The molecule has 0 spiro atoms. The van der Waals surface area contributed by atoms with Crippen molar-refractivity contribution in [2.45, 2.75) is 26.9 Å². The second-order valence-electron chi connectivity index (χ2n) is 6.22. The SMILES string of the molecule is CCn1c(Cl)c(Cl)n(CC)[c]1=[Ru-2]=[C]1C=C(c2ccccc2)c2ccccc21. The molecule has 0 saturated carbocycles. The Labute approximate surface area is 176 Å². The summed E-state index contributed by atoms with van der Waals surface area (Å²) in [5.74, 6) is 0. The Morgan fingerprint density at radius 3 is 1.93 bits per heavy atom. The topological polar surface area (TPSA) is 9.86 Å². The first-order chi connectivity index (χ1) is 13.2. The molecule has 142 valence electrons. The zero-order valence-electron chi connectivity index (χ0n) is 15.2. The molecular formula is C22H20Cl2N2Ru-2. The minimum atomic E-state index is -0.215. The fraction of sp³-hybridized carbons (Fsp3) is 0.182. The van der Waals surface area contributed by atoms with Crippen molar-refractivity contribution in [3.8, 4) is 0 Å². The molecule has 0 amide bonds. The van der Waals surface area contributed by atoms with E-state index in [1.807, 2.05) is 0 Å². The zero-order valence-corrected chi connectivity index (χ0v) is 18.4. The van der Waals surface area contributed by atoms with Crippen LogP contribution in [0, 0.1) is 4.01 Å². The predicted octanol–water partition coefficient (Wildman–Crippen LogP) is 5.92. The average Bonchev–Trinajstić information content (AvgIpc) is 3.18. The molecule has 0 aliphatic heterocycles. The summed E-state index contributed by atoms with van der Waals surface area (Å²) < 4.78 is 6.92. The van der Waals surface area contributed by atoms with Crippen molar-refractivity contribution >= 4 is 32.9 Å². The number of nitrogens with zero attached hydrogens (tertiary/aromatic N) is 2. The van der Waals surface area contributed by atoms with Crippen molar-refractivity contribution in [1.29, 1.82) is 0 Å². The van der Waals surface area contributed by atoms with E-state index in [1.54, 1.807) is 0 Å². The molecule has 1 aliphatic rings. The van der Waals surface area contributed by atoms with Crippen molar-refractivity contribution in [2.24, 2.45) is 0 Å². The molecule has 1 aromatic heterocycles. The van der Waals surface area contributed by atoms with Gasteiger partial charge in [0, 0.05) is 0 Å². The van der Waals surface area contributed by atoms with Gasteiger partial charge in [-0.1, -0.05) is 0 Å². The Morgan fingerprint density at radius 2 is 1.33 bits per heavy atom. The third-order valence-electron chi connectivity index (χ3n) is 4.70. The van der Waals surface area contributed by atoms with E-state index in [1.165, 1.54) is 30.4 Å². The molecule has 0 atom stereocenters. The van der Waals surface area contributed by atoms with Crippen LogP contribution in [-0.2, 0) is 29.3 Å². The summed E-state index contributed by atoms with van der Waals surface area (Å²) in [6.45, 7) is 5.87. The summed E-state index contributed by atoms with van der Waals surface area (Å²) in [6.07, 6.45) is 2.35. The Kier molecular flexibility index (Phi) is 5.46. The number of hydrogen-bond donors (Lipinski definition) is 0. The van der Waals surface area contributed by atoms with Crippen LogP contribution in [0.25, 0.3) is 5.57 Å². The van der Waals surface area contributed by atoms with Crippen LogP contribution in [0.1, 0.15) is 30.5 Å². The standard InChI is InChI=1S/C15H10.C7H10Cl2N2.Ru/c1-2-6-12(7-3-1)15-11-10-13-8-4-5-9-14(13)15;1-3-10-5-11(4-2)7(9)6(10)8;/h1-9,11H;3-4H2,1-2H3;/q;;-2. The fourth-order valence-electron chi connectivity index (χ4n) is 3.37. The first kappa shape index (κ1) is 18.8. The van der Waals surface area contributed by atoms with E-state index in [4.69, 9.17) is 23.2 Å². The molecule has 0 saturated heterocycles. The summed E-state index contributed by atoms with van der Waals surface area (Å²) in [7, 11) is 0. The van der Waals surface area contributed by atoms with E-state index < -0.39 is 0 Å². The van der Waals surface area contributed by atoms with Gasteiger partial charge < -0.3 is 0 Å². The van der Waals surface area contributed by atoms with Crippen LogP contribution in [0.5, 0.6) is 0 Å². The van der Waals surface area contributed by atoms with E-state index in [2.05, 4.69) is 83.7 Å². The van der Waals surface area contributed by atoms with E-state index in [0.29, 0.717) is 10.3 Å². The van der Waals surface area contributed by atoms with E-state index in [9.17, 15) is 0 Å². The molecule has 27 heavy (non-hydrogen) atoms. The third kappa shape index (κ3) is 3.27. The van der Waals surface area contributed by atoms with Crippen LogP contribution in [-0.4, -0.2) is 13.2 Å². The minimum absolute atomic E-state index is 0.215. The molecule has 0 bridgehead atoms. The molecule has 2 aromatic carbocycles. The van der Waals surface area contributed by atoms with Crippen LogP contribution in [0.15, 0.2) is 60.7 Å². The molecular weight excluding hydrogens is 464 g/mol. The Hall–Kier alpha value is -1.54. The van der Waals surface area contributed by atoms with Crippen LogP contribution >= 0.6 is 23.2 Å². The first-order valence-corrected chi connectivity index (χ1v) is 11.5. The van der Waals surface area contributed by atoms with Gasteiger partial charge in [0.15, 0.2) is 0 Å². The van der Waals surface area contributed by atoms with Crippen LogP contribution in [0.3, 0.4) is 0 Å². The molecule has 0 fully saturated rings. The number of fused-ring (bicyclic) bond motifs is 1. The molecule has 5 heteroatoms. The van der Waals surface area contributed by atoms with Gasteiger partial charge in [0.2, 0.25) is 0 Å². The van der Waals surface area contributed by atoms with Gasteiger partial charge in [-0.15, -0.1) is 0 Å². The van der Waals surface area contributed by atoms with Gasteiger partial charge >= 0.3 is 177 Å². The number of allylic oxidation sites excluding steroid dienone is 1. The van der Waals surface area contributed by atoms with Crippen molar-refractivity contribution < 1.29 is 16.2 Å². The zero-order chi connectivity index (χ0) is 19.0. The van der Waals surface area contributed by atoms with Crippen molar-refractivity contribution in [2.75, 3.05) is 0 Å². The third-order valence-corrected chi connectivity index (χ3v) is 8.08. The van der Waals surface area contributed by atoms with Crippen molar-refractivity contribution in [1.82, 2.24) is 9.13 Å². The molecule has 1 aliphatic carbocycles. The molecule has 4 rings (SSSR count). The molecule has 2 nitrogen and oxygen atoms in total. The Bertz CT molecular complexity index is 1120. The number of aromatic nitrogens is 2. The van der Waals surface area contributed by atoms with Gasteiger partial charge in [0.1, 0.15) is 0 Å². The van der Waals surface area contributed by atoms with Crippen molar-refractivity contribution in [3.05, 3.63) is 91.7 Å². The predicted molar refractivity (Wildman–Crippen MR) is 111 cm³/mol. The second kappa shape index (κ2) is 7.83. The number of imidazole rings is 1. The number of rotatable bonds is 3. The van der Waals surface area contributed by atoms with Gasteiger partial charge in [0.05, 0.1) is 0 Å². The monoisotopic (exact) mass is 484 g/mol. The van der Waals surface area contributed by atoms with Gasteiger partial charge in [-0.2, -0.15) is 0 Å². The summed E-state index contributed by atoms with van der Waals surface area (Å²) in [5.41, 5.74) is 5.19. The Morgan fingerprint density at radius 1 is 0.778 bits per heavy atom. The van der Waals surface area contributed by atoms with E-state index >= 15 is 0 Å². The van der Waals surface area contributed by atoms with Crippen molar-refractivity contribution in [3.63, 3.8) is 0 Å². The first-order valence-electron chi connectivity index (χ1n) is 8.99. The van der Waals surface area contributed by atoms with E-state index in [-0.39, 0.29) is 16.2 Å². The van der Waals surface area contributed by atoms with E-state index in [0.717, 1.165) is 13.1 Å². The Balaban J connectivity index is 2.07. The summed E-state index contributed by atoms with van der Waals surface area (Å²) >= 11 is 12.8. The normalized spacial score (nSPS) is 13.2. The van der Waals surface area contributed by atoms with Gasteiger partial charge in [-0.25, -0.2) is 0 Å². The molecule has 0 N–H and O–H groups in total. The molecule has 0 radical (unpaired) electrons. The second-order valence-corrected chi connectivity index (χ2v) is 9.09. The maximum absolute atomic E-state index is 6.51. The van der Waals surface area contributed by atoms with Gasteiger partial charge in [0.25, 0.3) is 0 Å².